The van der Waals surface area contributed by atoms with Gasteiger partial charge in [-0.05, 0) is 25.5 Å². The van der Waals surface area contributed by atoms with E-state index in [1.165, 1.54) is 19.0 Å². The lowest BCUT2D eigenvalue weighted by Crippen LogP contribution is -2.33. The molecule has 18 heavy (non-hydrogen) atoms. The van der Waals surface area contributed by atoms with Gasteiger partial charge in [0.05, 0.1) is 5.56 Å². The first-order chi connectivity index (χ1) is 8.67. The van der Waals surface area contributed by atoms with Gasteiger partial charge in [-0.25, -0.2) is 4.98 Å². The van der Waals surface area contributed by atoms with Crippen LogP contribution in [0.1, 0.15) is 55.6 Å². The molecule has 0 radical (unpaired) electrons. The summed E-state index contributed by atoms with van der Waals surface area (Å²) in [6.07, 6.45) is 5.89. The van der Waals surface area contributed by atoms with Gasteiger partial charge in [-0.15, -0.1) is 0 Å². The van der Waals surface area contributed by atoms with Gasteiger partial charge in [0.25, 0.3) is 5.91 Å². The predicted molar refractivity (Wildman–Crippen MR) is 70.0 cm³/mol. The highest BCUT2D eigenvalue weighted by molar-refractivity contribution is 5.92. The largest absolute Gasteiger partial charge is 0.348 e. The Bertz CT molecular complexity index is 420. The molecule has 1 aromatic rings. The molecule has 0 bridgehead atoms. The Morgan fingerprint density at radius 2 is 2.28 bits per heavy atom. The number of pyridine rings is 1. The molecular weight excluding hydrogens is 226 g/mol. The molecule has 1 heterocycles. The Morgan fingerprint density at radius 3 is 2.83 bits per heavy atom. The lowest BCUT2D eigenvalue weighted by atomic mass is 10.1. The van der Waals surface area contributed by atoms with E-state index < -0.39 is 0 Å². The van der Waals surface area contributed by atoms with Crippen LogP contribution in [-0.4, -0.2) is 16.9 Å². The van der Waals surface area contributed by atoms with Gasteiger partial charge in [0.1, 0.15) is 11.8 Å². The molecule has 0 saturated heterocycles. The number of nitrogens with one attached hydrogen (secondary N) is 1. The second kappa shape index (κ2) is 7.44. The third-order valence-corrected chi connectivity index (χ3v) is 2.74. The lowest BCUT2D eigenvalue weighted by Gasteiger charge is -2.13. The molecule has 1 N–H and O–H groups in total. The van der Waals surface area contributed by atoms with Gasteiger partial charge in [-0.2, -0.15) is 5.26 Å². The maximum absolute atomic E-state index is 11.8. The van der Waals surface area contributed by atoms with Crippen molar-refractivity contribution < 1.29 is 4.79 Å². The van der Waals surface area contributed by atoms with Gasteiger partial charge in [-0.3, -0.25) is 4.79 Å². The molecule has 0 aliphatic heterocycles. The Labute approximate surface area is 108 Å². The summed E-state index contributed by atoms with van der Waals surface area (Å²) in [6, 6.07) is 5.31. The van der Waals surface area contributed by atoms with Crippen molar-refractivity contribution in [1.29, 1.82) is 5.26 Å². The van der Waals surface area contributed by atoms with E-state index in [4.69, 9.17) is 5.26 Å². The zero-order valence-electron chi connectivity index (χ0n) is 10.9. The quantitative estimate of drug-likeness (QED) is 0.783. The molecular formula is C14H19N3O. The van der Waals surface area contributed by atoms with Gasteiger partial charge >= 0.3 is 0 Å². The fourth-order valence-corrected chi connectivity index (χ4v) is 1.66. The van der Waals surface area contributed by atoms with Crippen molar-refractivity contribution >= 4 is 5.91 Å². The summed E-state index contributed by atoms with van der Waals surface area (Å²) in [5, 5.41) is 11.6. The van der Waals surface area contributed by atoms with Crippen molar-refractivity contribution in [2.45, 2.75) is 45.6 Å². The highest BCUT2D eigenvalue weighted by Crippen LogP contribution is 2.04. The monoisotopic (exact) mass is 245 g/mol. The van der Waals surface area contributed by atoms with E-state index in [0.29, 0.717) is 11.3 Å². The fourth-order valence-electron chi connectivity index (χ4n) is 1.66. The Morgan fingerprint density at radius 1 is 1.50 bits per heavy atom. The minimum absolute atomic E-state index is 0.154. The molecule has 1 amide bonds. The molecule has 0 saturated carbocycles. The first-order valence-corrected chi connectivity index (χ1v) is 6.34. The van der Waals surface area contributed by atoms with Crippen LogP contribution in [0.15, 0.2) is 18.3 Å². The smallest absolute Gasteiger partial charge is 0.270 e. The molecule has 0 aliphatic carbocycles. The average Bonchev–Trinajstić information content (AvgIpc) is 2.39. The molecule has 0 fully saturated rings. The summed E-state index contributed by atoms with van der Waals surface area (Å²) >= 11 is 0. The summed E-state index contributed by atoms with van der Waals surface area (Å²) in [5.41, 5.74) is 0.818. The minimum Gasteiger partial charge on any atom is -0.348 e. The standard InChI is InChI=1S/C14H19N3O/c1-3-4-5-6-11(2)17-14(18)13-8-7-12(9-15)10-16-13/h7-8,10-11H,3-6H2,1-2H3,(H,17,18). The van der Waals surface area contributed by atoms with Gasteiger partial charge in [-0.1, -0.05) is 26.2 Å². The van der Waals surface area contributed by atoms with Crippen LogP contribution in [0.3, 0.4) is 0 Å². The number of aromatic nitrogens is 1. The number of carbonyl (C=O) groups excluding carboxylic acids is 1. The molecule has 1 rings (SSSR count). The summed E-state index contributed by atoms with van der Waals surface area (Å²) < 4.78 is 0. The first-order valence-electron chi connectivity index (χ1n) is 6.34. The first kappa shape index (κ1) is 14.2. The number of nitrogens with zero attached hydrogens (tertiary/aromatic N) is 2. The summed E-state index contributed by atoms with van der Waals surface area (Å²) in [5.74, 6) is -0.177. The van der Waals surface area contributed by atoms with Gasteiger partial charge in [0.15, 0.2) is 0 Å². The molecule has 1 unspecified atom stereocenters. The average molecular weight is 245 g/mol. The zero-order chi connectivity index (χ0) is 13.4. The number of unbranched alkanes of at least 4 members (excludes halogenated alkanes) is 2. The van der Waals surface area contributed by atoms with Crippen molar-refractivity contribution in [3.8, 4) is 6.07 Å². The number of amides is 1. The highest BCUT2D eigenvalue weighted by atomic mass is 16.1. The van der Waals surface area contributed by atoms with Crippen LogP contribution in [0.4, 0.5) is 0 Å². The Balaban J connectivity index is 2.46. The van der Waals surface area contributed by atoms with Gasteiger partial charge < -0.3 is 5.32 Å². The Hall–Kier alpha value is -1.89. The van der Waals surface area contributed by atoms with Crippen LogP contribution >= 0.6 is 0 Å². The van der Waals surface area contributed by atoms with E-state index in [0.717, 1.165) is 12.8 Å². The van der Waals surface area contributed by atoms with Crippen LogP contribution < -0.4 is 5.32 Å². The van der Waals surface area contributed by atoms with E-state index in [2.05, 4.69) is 17.2 Å². The molecule has 96 valence electrons. The second-order valence-corrected chi connectivity index (χ2v) is 4.41. The maximum Gasteiger partial charge on any atom is 0.270 e. The SMILES string of the molecule is CCCCCC(C)NC(=O)c1ccc(C#N)cn1. The van der Waals surface area contributed by atoms with Crippen molar-refractivity contribution in [2.75, 3.05) is 0 Å². The number of rotatable bonds is 6. The van der Waals surface area contributed by atoms with E-state index >= 15 is 0 Å². The van der Waals surface area contributed by atoms with Gasteiger partial charge in [0, 0.05) is 12.2 Å². The van der Waals surface area contributed by atoms with Crippen molar-refractivity contribution in [1.82, 2.24) is 10.3 Å². The topological polar surface area (TPSA) is 65.8 Å². The molecule has 1 aromatic heterocycles. The van der Waals surface area contributed by atoms with Crippen LogP contribution in [0.2, 0.25) is 0 Å². The molecule has 0 aliphatic rings. The van der Waals surface area contributed by atoms with Gasteiger partial charge in [0.2, 0.25) is 0 Å². The van der Waals surface area contributed by atoms with Crippen LogP contribution in [0.5, 0.6) is 0 Å². The van der Waals surface area contributed by atoms with E-state index in [9.17, 15) is 4.79 Å². The molecule has 0 aromatic carbocycles. The van der Waals surface area contributed by atoms with E-state index in [1.54, 1.807) is 12.1 Å². The van der Waals surface area contributed by atoms with Crippen LogP contribution in [-0.2, 0) is 0 Å². The number of hydrogen-bond acceptors (Lipinski definition) is 3. The second-order valence-electron chi connectivity index (χ2n) is 4.41. The normalized spacial score (nSPS) is 11.6. The highest BCUT2D eigenvalue weighted by Gasteiger charge is 2.10. The summed E-state index contributed by atoms with van der Waals surface area (Å²) in [4.78, 5) is 15.8. The van der Waals surface area contributed by atoms with E-state index in [1.807, 2.05) is 13.0 Å². The van der Waals surface area contributed by atoms with Crippen molar-refractivity contribution in [3.05, 3.63) is 29.6 Å². The number of hydrogen-bond donors (Lipinski definition) is 1. The van der Waals surface area contributed by atoms with Crippen molar-refractivity contribution in [3.63, 3.8) is 0 Å². The Kier molecular flexibility index (Phi) is 5.86. The summed E-state index contributed by atoms with van der Waals surface area (Å²) in [7, 11) is 0. The van der Waals surface area contributed by atoms with Crippen molar-refractivity contribution in [2.24, 2.45) is 0 Å². The van der Waals surface area contributed by atoms with Crippen LogP contribution in [0, 0.1) is 11.3 Å². The minimum atomic E-state index is -0.177. The van der Waals surface area contributed by atoms with Crippen LogP contribution in [0.25, 0.3) is 0 Å². The molecule has 1 atom stereocenters. The zero-order valence-corrected chi connectivity index (χ0v) is 10.9. The summed E-state index contributed by atoms with van der Waals surface area (Å²) in [6.45, 7) is 4.15. The third-order valence-electron chi connectivity index (χ3n) is 2.74. The van der Waals surface area contributed by atoms with E-state index in [-0.39, 0.29) is 11.9 Å². The third kappa shape index (κ3) is 4.54. The number of nitriles is 1. The molecule has 0 spiro atoms. The predicted octanol–water partition coefficient (Wildman–Crippen LogP) is 2.65. The molecule has 4 nitrogen and oxygen atoms in total. The maximum atomic E-state index is 11.8. The number of carbonyl (C=O) groups is 1. The fraction of sp³-hybridized carbons (Fsp3) is 0.500. The molecule has 4 heteroatoms. The lowest BCUT2D eigenvalue weighted by molar-refractivity contribution is 0.0933.